The van der Waals surface area contributed by atoms with Gasteiger partial charge in [-0.15, -0.1) is 10.2 Å². The molecule has 1 N–H and O–H groups in total. The van der Waals surface area contributed by atoms with Crippen LogP contribution in [0.5, 0.6) is 0 Å². The average Bonchev–Trinajstić information content (AvgIpc) is 2.52. The summed E-state index contributed by atoms with van der Waals surface area (Å²) in [5, 5.41) is 11.1. The van der Waals surface area contributed by atoms with E-state index in [1.165, 1.54) is 19.3 Å². The van der Waals surface area contributed by atoms with Gasteiger partial charge in [0, 0.05) is 19.1 Å². The molecule has 0 aromatic carbocycles. The van der Waals surface area contributed by atoms with Crippen molar-refractivity contribution >= 4 is 11.7 Å². The van der Waals surface area contributed by atoms with E-state index < -0.39 is 0 Å². The summed E-state index contributed by atoms with van der Waals surface area (Å²) >= 11 is 0. The number of nitrogens with zero attached hydrogens (tertiary/aromatic N) is 3. The zero-order chi connectivity index (χ0) is 14.4. The SMILES string of the molecule is CCCNC(=O)c1ccc(N2CCCCC2CC)nn1. The Morgan fingerprint density at radius 2 is 2.20 bits per heavy atom. The minimum atomic E-state index is -0.142. The summed E-state index contributed by atoms with van der Waals surface area (Å²) in [6.45, 7) is 5.94. The van der Waals surface area contributed by atoms with Crippen molar-refractivity contribution < 1.29 is 4.79 Å². The summed E-state index contributed by atoms with van der Waals surface area (Å²) in [5.74, 6) is 0.750. The Balaban J connectivity index is 2.05. The van der Waals surface area contributed by atoms with Crippen LogP contribution in [0.4, 0.5) is 5.82 Å². The average molecular weight is 276 g/mol. The van der Waals surface area contributed by atoms with E-state index >= 15 is 0 Å². The Hall–Kier alpha value is -1.65. The van der Waals surface area contributed by atoms with Crippen LogP contribution in [0.3, 0.4) is 0 Å². The van der Waals surface area contributed by atoms with Gasteiger partial charge in [-0.1, -0.05) is 13.8 Å². The zero-order valence-electron chi connectivity index (χ0n) is 12.4. The first-order chi connectivity index (χ1) is 9.76. The number of hydrogen-bond donors (Lipinski definition) is 1. The van der Waals surface area contributed by atoms with E-state index in [2.05, 4.69) is 27.3 Å². The molecule has 1 aromatic rings. The smallest absolute Gasteiger partial charge is 0.271 e. The van der Waals surface area contributed by atoms with Crippen LogP contribution >= 0.6 is 0 Å². The second kappa shape index (κ2) is 7.22. The maximum atomic E-state index is 11.8. The number of hydrogen-bond acceptors (Lipinski definition) is 4. The number of amides is 1. The molecule has 1 atom stereocenters. The van der Waals surface area contributed by atoms with Crippen LogP contribution in [0, 0.1) is 0 Å². The summed E-state index contributed by atoms with van der Waals surface area (Å²) in [7, 11) is 0. The van der Waals surface area contributed by atoms with Gasteiger partial charge in [-0.3, -0.25) is 4.79 Å². The molecule has 0 bridgehead atoms. The number of carbonyl (C=O) groups is 1. The van der Waals surface area contributed by atoms with E-state index in [0.717, 1.165) is 25.2 Å². The molecule has 1 unspecified atom stereocenters. The molecular formula is C15H24N4O. The highest BCUT2D eigenvalue weighted by Crippen LogP contribution is 2.24. The Bertz CT molecular complexity index is 432. The number of rotatable bonds is 5. The quantitative estimate of drug-likeness (QED) is 0.897. The molecule has 1 fully saturated rings. The molecule has 20 heavy (non-hydrogen) atoms. The number of nitrogens with one attached hydrogen (secondary N) is 1. The van der Waals surface area contributed by atoms with E-state index in [-0.39, 0.29) is 5.91 Å². The molecule has 2 heterocycles. The van der Waals surface area contributed by atoms with Gasteiger partial charge in [-0.2, -0.15) is 0 Å². The van der Waals surface area contributed by atoms with Crippen molar-refractivity contribution in [3.63, 3.8) is 0 Å². The lowest BCUT2D eigenvalue weighted by atomic mass is 10.0. The minimum absolute atomic E-state index is 0.142. The molecule has 2 rings (SSSR count). The first-order valence-corrected chi connectivity index (χ1v) is 7.64. The van der Waals surface area contributed by atoms with Crippen LogP contribution in [0.2, 0.25) is 0 Å². The summed E-state index contributed by atoms with van der Waals surface area (Å²) in [5.41, 5.74) is 0.396. The van der Waals surface area contributed by atoms with Crippen LogP contribution in [0.25, 0.3) is 0 Å². The highest BCUT2D eigenvalue weighted by molar-refractivity contribution is 5.92. The standard InChI is InChI=1S/C15H24N4O/c1-3-10-16-15(20)13-8-9-14(18-17-13)19-11-6-5-7-12(19)4-2/h8-9,12H,3-7,10-11H2,1-2H3,(H,16,20). The maximum Gasteiger partial charge on any atom is 0.271 e. The van der Waals surface area contributed by atoms with Gasteiger partial charge < -0.3 is 10.2 Å². The second-order valence-corrected chi connectivity index (χ2v) is 5.28. The number of aromatic nitrogens is 2. The van der Waals surface area contributed by atoms with Gasteiger partial charge in [0.05, 0.1) is 0 Å². The summed E-state index contributed by atoms with van der Waals surface area (Å²) in [6, 6.07) is 4.24. The fraction of sp³-hybridized carbons (Fsp3) is 0.667. The van der Waals surface area contributed by atoms with Crippen LogP contribution < -0.4 is 10.2 Å². The largest absolute Gasteiger partial charge is 0.352 e. The lowest BCUT2D eigenvalue weighted by molar-refractivity contribution is 0.0947. The van der Waals surface area contributed by atoms with Crippen molar-refractivity contribution in [3.8, 4) is 0 Å². The zero-order valence-corrected chi connectivity index (χ0v) is 12.4. The molecule has 5 heteroatoms. The van der Waals surface area contributed by atoms with Crippen molar-refractivity contribution in [2.45, 2.75) is 52.0 Å². The monoisotopic (exact) mass is 276 g/mol. The molecular weight excluding hydrogens is 252 g/mol. The second-order valence-electron chi connectivity index (χ2n) is 5.28. The van der Waals surface area contributed by atoms with Crippen molar-refractivity contribution in [3.05, 3.63) is 17.8 Å². The predicted molar refractivity (Wildman–Crippen MR) is 79.9 cm³/mol. The Morgan fingerprint density at radius 3 is 2.85 bits per heavy atom. The van der Waals surface area contributed by atoms with Gasteiger partial charge in [0.1, 0.15) is 0 Å². The molecule has 110 valence electrons. The molecule has 0 spiro atoms. The Kier molecular flexibility index (Phi) is 5.32. The highest BCUT2D eigenvalue weighted by Gasteiger charge is 2.22. The third-order valence-corrected chi connectivity index (χ3v) is 3.81. The number of piperidine rings is 1. The fourth-order valence-corrected chi connectivity index (χ4v) is 2.66. The van der Waals surface area contributed by atoms with Crippen molar-refractivity contribution in [2.24, 2.45) is 0 Å². The third kappa shape index (κ3) is 3.46. The topological polar surface area (TPSA) is 58.1 Å². The van der Waals surface area contributed by atoms with Crippen molar-refractivity contribution in [2.75, 3.05) is 18.0 Å². The van der Waals surface area contributed by atoms with Gasteiger partial charge in [0.15, 0.2) is 11.5 Å². The van der Waals surface area contributed by atoms with Gasteiger partial charge in [-0.25, -0.2) is 0 Å². The normalized spacial score (nSPS) is 18.9. The molecule has 1 amide bonds. The Labute approximate surface area is 120 Å². The molecule has 0 saturated carbocycles. The van der Waals surface area contributed by atoms with Crippen molar-refractivity contribution in [1.82, 2.24) is 15.5 Å². The van der Waals surface area contributed by atoms with Gasteiger partial charge in [0.2, 0.25) is 0 Å². The van der Waals surface area contributed by atoms with E-state index in [9.17, 15) is 4.79 Å². The lowest BCUT2D eigenvalue weighted by Gasteiger charge is -2.35. The molecule has 1 aromatic heterocycles. The summed E-state index contributed by atoms with van der Waals surface area (Å²) < 4.78 is 0. The van der Waals surface area contributed by atoms with Crippen molar-refractivity contribution in [1.29, 1.82) is 0 Å². The van der Waals surface area contributed by atoms with Crippen LogP contribution in [-0.4, -0.2) is 35.2 Å². The first kappa shape index (κ1) is 14.8. The van der Waals surface area contributed by atoms with Gasteiger partial charge in [-0.05, 0) is 44.2 Å². The predicted octanol–water partition coefficient (Wildman–Crippen LogP) is 2.39. The molecule has 0 radical (unpaired) electrons. The highest BCUT2D eigenvalue weighted by atomic mass is 16.1. The molecule has 5 nitrogen and oxygen atoms in total. The maximum absolute atomic E-state index is 11.8. The molecule has 1 aliphatic heterocycles. The summed E-state index contributed by atoms with van der Waals surface area (Å²) in [4.78, 5) is 14.1. The van der Waals surface area contributed by atoms with Gasteiger partial charge in [0.25, 0.3) is 5.91 Å². The number of carbonyl (C=O) groups excluding carboxylic acids is 1. The minimum Gasteiger partial charge on any atom is -0.352 e. The first-order valence-electron chi connectivity index (χ1n) is 7.64. The molecule has 0 aliphatic carbocycles. The lowest BCUT2D eigenvalue weighted by Crippen LogP contribution is -2.39. The van der Waals surface area contributed by atoms with Gasteiger partial charge >= 0.3 is 0 Å². The molecule has 1 aliphatic rings. The third-order valence-electron chi connectivity index (χ3n) is 3.81. The summed E-state index contributed by atoms with van der Waals surface area (Å²) in [6.07, 6.45) is 5.76. The Morgan fingerprint density at radius 1 is 1.35 bits per heavy atom. The van der Waals surface area contributed by atoms with E-state index in [4.69, 9.17) is 0 Å². The fourth-order valence-electron chi connectivity index (χ4n) is 2.66. The van der Waals surface area contributed by atoms with Crippen LogP contribution in [-0.2, 0) is 0 Å². The van der Waals surface area contributed by atoms with Crippen LogP contribution in [0.15, 0.2) is 12.1 Å². The van der Waals surface area contributed by atoms with E-state index in [0.29, 0.717) is 18.3 Å². The van der Waals surface area contributed by atoms with E-state index in [1.807, 2.05) is 13.0 Å². The number of anilines is 1. The molecule has 1 saturated heterocycles. The van der Waals surface area contributed by atoms with E-state index in [1.54, 1.807) is 6.07 Å². The van der Waals surface area contributed by atoms with Crippen LogP contribution in [0.1, 0.15) is 56.4 Å².